The van der Waals surface area contributed by atoms with E-state index in [0.717, 1.165) is 6.42 Å². The highest BCUT2D eigenvalue weighted by molar-refractivity contribution is 5.90. The van der Waals surface area contributed by atoms with Crippen molar-refractivity contribution < 1.29 is 24.3 Å². The Morgan fingerprint density at radius 3 is 2.40 bits per heavy atom. The van der Waals surface area contributed by atoms with Crippen molar-refractivity contribution in [3.63, 3.8) is 0 Å². The first-order valence-electron chi connectivity index (χ1n) is 6.20. The van der Waals surface area contributed by atoms with Crippen LogP contribution in [-0.4, -0.2) is 52.4 Å². The highest BCUT2D eigenvalue weighted by atomic mass is 16.4. The minimum atomic E-state index is -1.42. The van der Waals surface area contributed by atoms with Gasteiger partial charge in [0.05, 0.1) is 6.42 Å². The summed E-state index contributed by atoms with van der Waals surface area (Å²) in [6.45, 7) is 0.308. The molecule has 9 nitrogen and oxygen atoms in total. The number of carboxylic acids is 1. The van der Waals surface area contributed by atoms with Crippen LogP contribution in [0.1, 0.15) is 25.7 Å². The lowest BCUT2D eigenvalue weighted by molar-refractivity contribution is -0.141. The van der Waals surface area contributed by atoms with Crippen molar-refractivity contribution in [1.82, 2.24) is 10.2 Å². The van der Waals surface area contributed by atoms with E-state index in [1.165, 1.54) is 4.90 Å². The van der Waals surface area contributed by atoms with Crippen molar-refractivity contribution >= 4 is 23.8 Å². The maximum absolute atomic E-state index is 12.0. The van der Waals surface area contributed by atoms with Gasteiger partial charge in [0.15, 0.2) is 0 Å². The number of carbonyl (C=O) groups is 4. The molecule has 1 unspecified atom stereocenters. The van der Waals surface area contributed by atoms with Crippen molar-refractivity contribution in [2.45, 2.75) is 37.8 Å². The number of hydrogen-bond donors (Lipinski definition) is 4. The number of rotatable bonds is 5. The summed E-state index contributed by atoms with van der Waals surface area (Å²) in [5, 5.41) is 11.1. The molecule has 0 aliphatic carbocycles. The van der Waals surface area contributed by atoms with Crippen LogP contribution >= 0.6 is 0 Å². The van der Waals surface area contributed by atoms with Crippen LogP contribution in [0.3, 0.4) is 0 Å². The first-order chi connectivity index (χ1) is 9.32. The van der Waals surface area contributed by atoms with Gasteiger partial charge in [0.25, 0.3) is 0 Å². The normalized spacial score (nSPS) is 20.0. The molecule has 0 spiro atoms. The molecule has 2 atom stereocenters. The Balaban J connectivity index is 2.73. The van der Waals surface area contributed by atoms with Gasteiger partial charge in [-0.3, -0.25) is 9.59 Å². The number of hydrogen-bond acceptors (Lipinski definition) is 4. The zero-order valence-corrected chi connectivity index (χ0v) is 10.9. The van der Waals surface area contributed by atoms with E-state index in [2.05, 4.69) is 5.32 Å². The van der Waals surface area contributed by atoms with Crippen LogP contribution in [0.15, 0.2) is 0 Å². The predicted molar refractivity (Wildman–Crippen MR) is 67.3 cm³/mol. The second kappa shape index (κ2) is 6.73. The second-order valence-corrected chi connectivity index (χ2v) is 4.62. The van der Waals surface area contributed by atoms with Gasteiger partial charge in [0.2, 0.25) is 11.8 Å². The van der Waals surface area contributed by atoms with Gasteiger partial charge in [0, 0.05) is 6.54 Å². The number of carboxylic acid groups (broad SMARTS) is 1. The molecule has 0 saturated carbocycles. The average molecular weight is 286 g/mol. The van der Waals surface area contributed by atoms with E-state index in [-0.39, 0.29) is 0 Å². The fraction of sp³-hybridized carbons (Fsp3) is 0.636. The molecule has 0 aromatic rings. The van der Waals surface area contributed by atoms with Crippen LogP contribution in [0.2, 0.25) is 0 Å². The van der Waals surface area contributed by atoms with E-state index in [4.69, 9.17) is 16.6 Å². The Hall–Kier alpha value is -2.32. The number of likely N-dealkylation sites (tertiary alicyclic amines) is 1. The molecule has 1 aliphatic heterocycles. The molecule has 1 heterocycles. The number of urea groups is 1. The Kier molecular flexibility index (Phi) is 5.30. The minimum Gasteiger partial charge on any atom is -0.480 e. The van der Waals surface area contributed by atoms with E-state index in [1.54, 1.807) is 0 Å². The van der Waals surface area contributed by atoms with E-state index in [0.29, 0.717) is 19.4 Å². The van der Waals surface area contributed by atoms with Crippen molar-refractivity contribution in [1.29, 1.82) is 0 Å². The highest BCUT2D eigenvalue weighted by Crippen LogP contribution is 2.17. The van der Waals surface area contributed by atoms with Gasteiger partial charge in [-0.05, 0) is 19.3 Å². The first kappa shape index (κ1) is 15.7. The molecule has 1 fully saturated rings. The lowest BCUT2D eigenvalue weighted by Crippen LogP contribution is -2.56. The number of amides is 4. The molecular formula is C11H18N4O5. The molecule has 4 amide bonds. The third-order valence-electron chi connectivity index (χ3n) is 3.09. The lowest BCUT2D eigenvalue weighted by Gasteiger charge is -2.34. The summed E-state index contributed by atoms with van der Waals surface area (Å²) in [4.78, 5) is 46.2. The summed E-state index contributed by atoms with van der Waals surface area (Å²) >= 11 is 0. The maximum Gasteiger partial charge on any atom is 0.326 e. The molecule has 1 rings (SSSR count). The molecule has 0 aromatic carbocycles. The SMILES string of the molecule is NC(=O)C[C@@H](NC(=O)N1CCCCC1C(N)=O)C(=O)O. The van der Waals surface area contributed by atoms with Crippen molar-refractivity contribution in [3.8, 4) is 0 Å². The van der Waals surface area contributed by atoms with E-state index in [1.807, 2.05) is 0 Å². The molecule has 1 saturated heterocycles. The van der Waals surface area contributed by atoms with Gasteiger partial charge >= 0.3 is 12.0 Å². The Labute approximate surface area is 115 Å². The predicted octanol–water partition coefficient (Wildman–Crippen LogP) is -1.64. The topological polar surface area (TPSA) is 156 Å². The number of carbonyl (C=O) groups excluding carboxylic acids is 3. The third kappa shape index (κ3) is 4.11. The second-order valence-electron chi connectivity index (χ2n) is 4.62. The average Bonchev–Trinajstić information content (AvgIpc) is 2.37. The van der Waals surface area contributed by atoms with Crippen LogP contribution in [0, 0.1) is 0 Å². The minimum absolute atomic E-state index is 0.308. The lowest BCUT2D eigenvalue weighted by atomic mass is 10.0. The molecule has 20 heavy (non-hydrogen) atoms. The van der Waals surface area contributed by atoms with E-state index < -0.39 is 42.3 Å². The quantitative estimate of drug-likeness (QED) is 0.477. The van der Waals surface area contributed by atoms with Gasteiger partial charge in [-0.1, -0.05) is 0 Å². The van der Waals surface area contributed by atoms with Gasteiger partial charge in [0.1, 0.15) is 12.1 Å². The fourth-order valence-corrected chi connectivity index (χ4v) is 2.10. The number of nitrogens with two attached hydrogens (primary N) is 2. The summed E-state index contributed by atoms with van der Waals surface area (Å²) in [5.74, 6) is -2.85. The smallest absolute Gasteiger partial charge is 0.326 e. The molecule has 112 valence electrons. The first-order valence-corrected chi connectivity index (χ1v) is 6.20. The molecule has 9 heteroatoms. The van der Waals surface area contributed by atoms with E-state index >= 15 is 0 Å². The van der Waals surface area contributed by atoms with E-state index in [9.17, 15) is 19.2 Å². The largest absolute Gasteiger partial charge is 0.480 e. The van der Waals surface area contributed by atoms with Crippen LogP contribution in [0.4, 0.5) is 4.79 Å². The Morgan fingerprint density at radius 2 is 1.90 bits per heavy atom. The number of nitrogens with zero attached hydrogens (tertiary/aromatic N) is 1. The molecule has 6 N–H and O–H groups in total. The molecular weight excluding hydrogens is 268 g/mol. The summed E-state index contributed by atoms with van der Waals surface area (Å²) in [6.07, 6.45) is 1.39. The number of nitrogens with one attached hydrogen (secondary N) is 1. The van der Waals surface area contributed by atoms with Gasteiger partial charge in [-0.2, -0.15) is 0 Å². The summed E-state index contributed by atoms with van der Waals surface area (Å²) < 4.78 is 0. The van der Waals surface area contributed by atoms with Crippen LogP contribution < -0.4 is 16.8 Å². The summed E-state index contributed by atoms with van der Waals surface area (Å²) in [5.41, 5.74) is 10.1. The standard InChI is InChI=1S/C11H18N4O5/c12-8(16)5-6(10(18)19)14-11(20)15-4-2-1-3-7(15)9(13)17/h6-7H,1-5H2,(H2,12,16)(H2,13,17)(H,14,20)(H,18,19)/t6-,7?/m1/s1. The van der Waals surface area contributed by atoms with Crippen LogP contribution in [-0.2, 0) is 14.4 Å². The van der Waals surface area contributed by atoms with Gasteiger partial charge in [-0.15, -0.1) is 0 Å². The molecule has 0 radical (unpaired) electrons. The third-order valence-corrected chi connectivity index (χ3v) is 3.09. The van der Waals surface area contributed by atoms with Gasteiger partial charge in [-0.25, -0.2) is 9.59 Å². The molecule has 1 aliphatic rings. The van der Waals surface area contributed by atoms with Crippen molar-refractivity contribution in [2.75, 3.05) is 6.54 Å². The summed E-state index contributed by atoms with van der Waals surface area (Å²) in [7, 11) is 0. The summed E-state index contributed by atoms with van der Waals surface area (Å²) in [6, 6.07) is -2.91. The zero-order valence-electron chi connectivity index (χ0n) is 10.9. The van der Waals surface area contributed by atoms with Crippen molar-refractivity contribution in [3.05, 3.63) is 0 Å². The Bertz CT molecular complexity index is 425. The van der Waals surface area contributed by atoms with Crippen LogP contribution in [0.5, 0.6) is 0 Å². The number of aliphatic carboxylic acids is 1. The zero-order chi connectivity index (χ0) is 15.3. The monoisotopic (exact) mass is 286 g/mol. The number of primary amides is 2. The number of piperidine rings is 1. The Morgan fingerprint density at radius 1 is 1.25 bits per heavy atom. The van der Waals surface area contributed by atoms with Gasteiger partial charge < -0.3 is 26.8 Å². The highest BCUT2D eigenvalue weighted by Gasteiger charge is 2.33. The van der Waals surface area contributed by atoms with Crippen molar-refractivity contribution in [2.24, 2.45) is 11.5 Å². The maximum atomic E-state index is 12.0. The molecule has 0 bridgehead atoms. The fourth-order valence-electron chi connectivity index (χ4n) is 2.10. The molecule has 0 aromatic heterocycles. The van der Waals surface area contributed by atoms with Crippen LogP contribution in [0.25, 0.3) is 0 Å².